The molecule has 0 unspecified atom stereocenters. The smallest absolute Gasteiger partial charge is 0.274 e. The summed E-state index contributed by atoms with van der Waals surface area (Å²) in [6, 6.07) is 2.56. The van der Waals surface area contributed by atoms with Crippen molar-refractivity contribution in [1.29, 1.82) is 0 Å². The van der Waals surface area contributed by atoms with Crippen LogP contribution in [-0.2, 0) is 4.74 Å². The first kappa shape index (κ1) is 22.0. The van der Waals surface area contributed by atoms with Crippen molar-refractivity contribution in [1.82, 2.24) is 25.4 Å². The first-order valence-corrected chi connectivity index (χ1v) is 12.7. The maximum Gasteiger partial charge on any atom is 0.274 e. The van der Waals surface area contributed by atoms with Gasteiger partial charge >= 0.3 is 0 Å². The van der Waals surface area contributed by atoms with Crippen molar-refractivity contribution in [3.8, 4) is 0 Å². The first-order valence-electron chi connectivity index (χ1n) is 12.7. The Labute approximate surface area is 200 Å². The number of pyridine rings is 1. The summed E-state index contributed by atoms with van der Waals surface area (Å²) in [6.07, 6.45) is 11.1. The SMILES string of the molecule is COC1CC(Nc2cc(C3CC3)cnc2C(=O)N(CC2CC2)[C@@H]2CNC[C@H](c3nnco3)C2)C1. The number of piperidine rings is 1. The third-order valence-corrected chi connectivity index (χ3v) is 7.85. The van der Waals surface area contributed by atoms with Crippen LogP contribution < -0.4 is 10.6 Å². The van der Waals surface area contributed by atoms with E-state index in [9.17, 15) is 4.79 Å². The zero-order chi connectivity index (χ0) is 23.1. The third-order valence-electron chi connectivity index (χ3n) is 7.85. The number of methoxy groups -OCH3 is 1. The molecule has 34 heavy (non-hydrogen) atoms. The largest absolute Gasteiger partial charge is 0.428 e. The van der Waals surface area contributed by atoms with Gasteiger partial charge in [0, 0.05) is 45.0 Å². The van der Waals surface area contributed by atoms with E-state index in [2.05, 4.69) is 31.8 Å². The lowest BCUT2D eigenvalue weighted by atomic mass is 9.89. The Morgan fingerprint density at radius 2 is 2.06 bits per heavy atom. The first-order chi connectivity index (χ1) is 16.7. The molecule has 4 aliphatic rings. The van der Waals surface area contributed by atoms with Crippen molar-refractivity contribution in [3.63, 3.8) is 0 Å². The molecule has 9 heteroatoms. The molecule has 0 spiro atoms. The summed E-state index contributed by atoms with van der Waals surface area (Å²) in [4.78, 5) is 20.9. The molecule has 9 nitrogen and oxygen atoms in total. The summed E-state index contributed by atoms with van der Waals surface area (Å²) in [6.45, 7) is 2.33. The van der Waals surface area contributed by atoms with E-state index in [1.165, 1.54) is 37.6 Å². The molecule has 1 aliphatic heterocycles. The van der Waals surface area contributed by atoms with E-state index in [0.29, 0.717) is 35.6 Å². The van der Waals surface area contributed by atoms with E-state index in [1.54, 1.807) is 7.11 Å². The standard InChI is InChI=1S/C25H34N6O3/c1-33-21-8-19(9-21)29-22-7-17(16-4-5-16)11-27-23(22)25(32)31(13-15-2-3-15)20-6-18(10-26-12-20)24-30-28-14-34-24/h7,11,14-16,18-21,26,29H,2-6,8-10,12-13H2,1H3/t18-,19?,20+,21?/m1/s1. The van der Waals surface area contributed by atoms with Crippen molar-refractivity contribution in [2.45, 2.75) is 75.0 Å². The van der Waals surface area contributed by atoms with E-state index in [0.717, 1.165) is 44.6 Å². The maximum atomic E-state index is 14.0. The number of carbonyl (C=O) groups excluding carboxylic acids is 1. The summed E-state index contributed by atoms with van der Waals surface area (Å²) < 4.78 is 10.9. The molecule has 0 aromatic carbocycles. The lowest BCUT2D eigenvalue weighted by Gasteiger charge is -2.38. The molecule has 3 saturated carbocycles. The molecule has 0 radical (unpaired) electrons. The number of ether oxygens (including phenoxy) is 1. The molecule has 182 valence electrons. The third kappa shape index (κ3) is 4.68. The second-order valence-electron chi connectivity index (χ2n) is 10.5. The van der Waals surface area contributed by atoms with Crippen LogP contribution in [-0.4, -0.2) is 70.9 Å². The van der Waals surface area contributed by atoms with Crippen molar-refractivity contribution >= 4 is 11.6 Å². The van der Waals surface area contributed by atoms with Crippen LogP contribution in [0, 0.1) is 5.92 Å². The summed E-state index contributed by atoms with van der Waals surface area (Å²) in [5.41, 5.74) is 2.67. The van der Waals surface area contributed by atoms with Gasteiger partial charge in [0.25, 0.3) is 5.91 Å². The Bertz CT molecular complexity index is 1000. The minimum atomic E-state index is 0.0253. The molecule has 2 aromatic rings. The zero-order valence-electron chi connectivity index (χ0n) is 19.8. The van der Waals surface area contributed by atoms with Gasteiger partial charge in [-0.25, -0.2) is 4.98 Å². The Balaban J connectivity index is 1.25. The van der Waals surface area contributed by atoms with E-state index in [1.807, 2.05) is 6.20 Å². The number of rotatable bonds is 9. The van der Waals surface area contributed by atoms with Crippen LogP contribution in [0.2, 0.25) is 0 Å². The summed E-state index contributed by atoms with van der Waals surface area (Å²) in [5, 5.41) is 15.1. The molecule has 1 amide bonds. The zero-order valence-corrected chi connectivity index (χ0v) is 19.8. The Kier molecular flexibility index (Phi) is 5.99. The molecular weight excluding hydrogens is 432 g/mol. The highest BCUT2D eigenvalue weighted by atomic mass is 16.5. The average Bonchev–Trinajstić information content (AvgIpc) is 3.78. The monoisotopic (exact) mass is 466 g/mol. The van der Waals surface area contributed by atoms with Crippen LogP contribution in [0.1, 0.15) is 78.7 Å². The molecular formula is C25H34N6O3. The topological polar surface area (TPSA) is 105 Å². The number of aromatic nitrogens is 3. The molecule has 2 N–H and O–H groups in total. The van der Waals surface area contributed by atoms with Gasteiger partial charge in [-0.15, -0.1) is 10.2 Å². The molecule has 3 aliphatic carbocycles. The Hall–Kier alpha value is -2.52. The fraction of sp³-hybridized carbons (Fsp3) is 0.680. The van der Waals surface area contributed by atoms with Gasteiger partial charge in [-0.3, -0.25) is 4.79 Å². The predicted molar refractivity (Wildman–Crippen MR) is 126 cm³/mol. The highest BCUT2D eigenvalue weighted by Crippen LogP contribution is 2.41. The fourth-order valence-corrected chi connectivity index (χ4v) is 5.31. The number of amides is 1. The summed E-state index contributed by atoms with van der Waals surface area (Å²) in [5.74, 6) is 1.95. The number of hydrogen-bond acceptors (Lipinski definition) is 8. The normalized spacial score (nSPS) is 28.9. The molecule has 2 aromatic heterocycles. The minimum Gasteiger partial charge on any atom is -0.428 e. The second-order valence-corrected chi connectivity index (χ2v) is 10.5. The molecule has 2 atom stereocenters. The quantitative estimate of drug-likeness (QED) is 0.581. The van der Waals surface area contributed by atoms with Crippen LogP contribution in [0.5, 0.6) is 0 Å². The van der Waals surface area contributed by atoms with Crippen LogP contribution in [0.15, 0.2) is 23.1 Å². The van der Waals surface area contributed by atoms with Crippen LogP contribution >= 0.6 is 0 Å². The van der Waals surface area contributed by atoms with Gasteiger partial charge in [-0.2, -0.15) is 0 Å². The summed E-state index contributed by atoms with van der Waals surface area (Å²) in [7, 11) is 1.76. The molecule has 1 saturated heterocycles. The van der Waals surface area contributed by atoms with Gasteiger partial charge < -0.3 is 24.7 Å². The Morgan fingerprint density at radius 1 is 1.21 bits per heavy atom. The van der Waals surface area contributed by atoms with Crippen molar-refractivity contribution < 1.29 is 13.9 Å². The number of carbonyl (C=O) groups is 1. The van der Waals surface area contributed by atoms with Gasteiger partial charge in [0.2, 0.25) is 12.3 Å². The fourth-order valence-electron chi connectivity index (χ4n) is 5.31. The van der Waals surface area contributed by atoms with E-state index in [-0.39, 0.29) is 17.9 Å². The van der Waals surface area contributed by atoms with Gasteiger partial charge in [-0.05, 0) is 68.4 Å². The molecule has 6 rings (SSSR count). The number of nitrogens with zero attached hydrogens (tertiary/aromatic N) is 4. The van der Waals surface area contributed by atoms with Gasteiger partial charge in [0.05, 0.1) is 17.7 Å². The highest BCUT2D eigenvalue weighted by molar-refractivity contribution is 5.98. The van der Waals surface area contributed by atoms with Crippen LogP contribution in [0.3, 0.4) is 0 Å². The lowest BCUT2D eigenvalue weighted by molar-refractivity contribution is 0.0328. The maximum absolute atomic E-state index is 14.0. The molecule has 3 heterocycles. The average molecular weight is 467 g/mol. The van der Waals surface area contributed by atoms with Crippen molar-refractivity contribution in [3.05, 3.63) is 35.8 Å². The second kappa shape index (κ2) is 9.26. The van der Waals surface area contributed by atoms with Gasteiger partial charge in [-0.1, -0.05) is 0 Å². The minimum absolute atomic E-state index is 0.0253. The van der Waals surface area contributed by atoms with Crippen LogP contribution in [0.4, 0.5) is 5.69 Å². The number of hydrogen-bond donors (Lipinski definition) is 2. The predicted octanol–water partition coefficient (Wildman–Crippen LogP) is 2.93. The number of nitrogens with one attached hydrogen (secondary N) is 2. The lowest BCUT2D eigenvalue weighted by Crippen LogP contribution is -2.51. The Morgan fingerprint density at radius 3 is 2.76 bits per heavy atom. The summed E-state index contributed by atoms with van der Waals surface area (Å²) >= 11 is 0. The molecule has 0 bridgehead atoms. The van der Waals surface area contributed by atoms with Crippen LogP contribution in [0.25, 0.3) is 0 Å². The van der Waals surface area contributed by atoms with E-state index in [4.69, 9.17) is 14.1 Å². The number of anilines is 1. The van der Waals surface area contributed by atoms with E-state index < -0.39 is 0 Å². The van der Waals surface area contributed by atoms with Crippen molar-refractivity contribution in [2.75, 3.05) is 32.1 Å². The van der Waals surface area contributed by atoms with Gasteiger partial charge in [0.15, 0.2) is 5.69 Å². The van der Waals surface area contributed by atoms with Crippen molar-refractivity contribution in [2.24, 2.45) is 5.92 Å². The highest BCUT2D eigenvalue weighted by Gasteiger charge is 2.38. The van der Waals surface area contributed by atoms with Gasteiger partial charge in [0.1, 0.15) is 0 Å². The van der Waals surface area contributed by atoms with E-state index >= 15 is 0 Å². The molecule has 4 fully saturated rings.